The van der Waals surface area contributed by atoms with Gasteiger partial charge < -0.3 is 20.3 Å². The lowest BCUT2D eigenvalue weighted by Crippen LogP contribution is -2.32. The molecule has 0 aliphatic rings. The van der Waals surface area contributed by atoms with Gasteiger partial charge in [0.15, 0.2) is 5.69 Å². The summed E-state index contributed by atoms with van der Waals surface area (Å²) in [5.74, 6) is 0.0230. The van der Waals surface area contributed by atoms with E-state index >= 15 is 0 Å². The smallest absolute Gasteiger partial charge is 0.221 e. The van der Waals surface area contributed by atoms with E-state index in [2.05, 4.69) is 15.1 Å². The summed E-state index contributed by atoms with van der Waals surface area (Å²) in [5, 5.41) is 19.4. The van der Waals surface area contributed by atoms with Gasteiger partial charge >= 0.3 is 0 Å². The predicted molar refractivity (Wildman–Crippen MR) is 110 cm³/mol. The van der Waals surface area contributed by atoms with Crippen molar-refractivity contribution in [2.45, 2.75) is 20.5 Å². The van der Waals surface area contributed by atoms with Crippen LogP contribution in [-0.2, 0) is 16.1 Å². The Labute approximate surface area is 164 Å². The number of aromatic hydroxyl groups is 1. The maximum Gasteiger partial charge on any atom is 0.221 e. The van der Waals surface area contributed by atoms with Crippen molar-refractivity contribution in [2.24, 2.45) is 16.0 Å². The monoisotopic (exact) mass is 393 g/mol. The van der Waals surface area contributed by atoms with Crippen molar-refractivity contribution in [1.82, 2.24) is 9.47 Å². The lowest BCUT2D eigenvalue weighted by molar-refractivity contribution is 0.0951. The quantitative estimate of drug-likeness (QED) is 0.502. The molecule has 0 amide bonds. The van der Waals surface area contributed by atoms with Crippen molar-refractivity contribution >= 4 is 33.9 Å². The van der Waals surface area contributed by atoms with Gasteiger partial charge in [-0.15, -0.1) is 10.2 Å². The number of ether oxygens (including phenoxy) is 2. The molecule has 0 saturated carbocycles. The van der Waals surface area contributed by atoms with E-state index in [0.29, 0.717) is 38.7 Å². The molecule has 148 valence electrons. The van der Waals surface area contributed by atoms with E-state index in [1.165, 1.54) is 0 Å². The van der Waals surface area contributed by atoms with Gasteiger partial charge in [-0.05, 0) is 49.3 Å². The van der Waals surface area contributed by atoms with Crippen LogP contribution < -0.4 is 5.73 Å². The second-order valence-electron chi connectivity index (χ2n) is 6.34. The molecule has 3 N–H and O–H groups in total. The van der Waals surface area contributed by atoms with Crippen molar-refractivity contribution in [2.75, 3.05) is 40.5 Å². The maximum absolute atomic E-state index is 10.8. The van der Waals surface area contributed by atoms with Crippen LogP contribution >= 0.6 is 12.2 Å². The largest absolute Gasteiger partial charge is 0.493 e. The molecule has 0 spiro atoms. The lowest BCUT2D eigenvalue weighted by atomic mass is 10.1. The summed E-state index contributed by atoms with van der Waals surface area (Å²) in [6.45, 7) is 7.07. The highest BCUT2D eigenvalue weighted by Crippen LogP contribution is 2.40. The molecule has 0 atom stereocenters. The summed E-state index contributed by atoms with van der Waals surface area (Å²) in [6, 6.07) is 4.03. The van der Waals surface area contributed by atoms with Crippen LogP contribution in [0.25, 0.3) is 10.9 Å². The number of aryl methyl sites for hydroxylation is 2. The third kappa shape index (κ3) is 5.23. The summed E-state index contributed by atoms with van der Waals surface area (Å²) in [6.07, 6.45) is 0. The number of hydrogen-bond acceptors (Lipinski definition) is 6. The fourth-order valence-corrected chi connectivity index (χ4v) is 2.85. The van der Waals surface area contributed by atoms with Gasteiger partial charge in [-0.2, -0.15) is 0 Å². The van der Waals surface area contributed by atoms with E-state index < -0.39 is 0 Å². The predicted octanol–water partition coefficient (Wildman–Crippen LogP) is 2.84. The van der Waals surface area contributed by atoms with Crippen LogP contribution in [-0.4, -0.2) is 60.2 Å². The lowest BCUT2D eigenvalue weighted by Gasteiger charge is -2.23. The first-order valence-corrected chi connectivity index (χ1v) is 9.03. The number of azo groups is 1. The van der Waals surface area contributed by atoms with Gasteiger partial charge in [-0.1, -0.05) is 0 Å². The Balaban J connectivity index is 2.51. The number of rotatable bonds is 9. The van der Waals surface area contributed by atoms with E-state index in [1.54, 1.807) is 18.8 Å². The molecule has 0 saturated heterocycles. The van der Waals surface area contributed by atoms with Crippen LogP contribution in [0.4, 0.5) is 5.69 Å². The van der Waals surface area contributed by atoms with E-state index in [4.69, 9.17) is 27.4 Å². The Morgan fingerprint density at radius 3 is 2.33 bits per heavy atom. The number of nitrogens with two attached hydrogens (primary N) is 1. The molecule has 2 rings (SSSR count). The number of aromatic nitrogens is 1. The average molecular weight is 394 g/mol. The summed E-state index contributed by atoms with van der Waals surface area (Å²) in [7, 11) is 3.33. The van der Waals surface area contributed by atoms with Crippen LogP contribution in [0.15, 0.2) is 22.4 Å². The minimum Gasteiger partial charge on any atom is -0.493 e. The van der Waals surface area contributed by atoms with E-state index in [0.717, 1.165) is 22.0 Å². The number of hydrogen-bond donors (Lipinski definition) is 2. The van der Waals surface area contributed by atoms with E-state index in [9.17, 15) is 5.11 Å². The van der Waals surface area contributed by atoms with Crippen LogP contribution in [0, 0.1) is 13.8 Å². The summed E-state index contributed by atoms with van der Waals surface area (Å²) in [5.41, 5.74) is 8.88. The van der Waals surface area contributed by atoms with E-state index in [-0.39, 0.29) is 11.0 Å². The third-order valence-corrected chi connectivity index (χ3v) is 4.52. The van der Waals surface area contributed by atoms with Crippen LogP contribution in [0.1, 0.15) is 11.1 Å². The highest BCUT2D eigenvalue weighted by atomic mass is 32.1. The van der Waals surface area contributed by atoms with Gasteiger partial charge in [0.25, 0.3) is 0 Å². The molecular formula is C18H27N5O3S. The zero-order valence-corrected chi connectivity index (χ0v) is 17.0. The minimum absolute atomic E-state index is 0.0230. The Hall–Kier alpha value is -2.07. The third-order valence-electron chi connectivity index (χ3n) is 4.44. The highest BCUT2D eigenvalue weighted by molar-refractivity contribution is 7.80. The van der Waals surface area contributed by atoms with Crippen molar-refractivity contribution in [1.29, 1.82) is 0 Å². The SMILES string of the molecule is COCCN(CCOC)Cn1c(O)c(N=NC(N)=S)c2cc(C)c(C)cc21. The molecule has 0 fully saturated rings. The second-order valence-corrected chi connectivity index (χ2v) is 6.76. The zero-order chi connectivity index (χ0) is 20.0. The Bertz CT molecular complexity index is 826. The van der Waals surface area contributed by atoms with Crippen LogP contribution in [0.2, 0.25) is 0 Å². The summed E-state index contributed by atoms with van der Waals surface area (Å²) in [4.78, 5) is 2.13. The molecule has 0 aliphatic heterocycles. The molecule has 0 aliphatic carbocycles. The topological polar surface area (TPSA) is 97.6 Å². The summed E-state index contributed by atoms with van der Waals surface area (Å²) >= 11 is 4.77. The molecule has 0 radical (unpaired) electrons. The van der Waals surface area contributed by atoms with Crippen LogP contribution in [0.3, 0.4) is 0 Å². The van der Waals surface area contributed by atoms with Crippen molar-refractivity contribution in [3.05, 3.63) is 23.3 Å². The minimum atomic E-state index is -0.0825. The van der Waals surface area contributed by atoms with Gasteiger partial charge in [0.05, 0.1) is 25.4 Å². The number of fused-ring (bicyclic) bond motifs is 1. The van der Waals surface area contributed by atoms with Crippen molar-refractivity contribution < 1.29 is 14.6 Å². The first kappa shape index (κ1) is 21.2. The van der Waals surface area contributed by atoms with Gasteiger partial charge in [-0.3, -0.25) is 9.47 Å². The van der Waals surface area contributed by atoms with Crippen molar-refractivity contribution in [3.8, 4) is 5.88 Å². The first-order chi connectivity index (χ1) is 12.9. The van der Waals surface area contributed by atoms with E-state index in [1.807, 2.05) is 26.0 Å². The summed E-state index contributed by atoms with van der Waals surface area (Å²) < 4.78 is 12.2. The average Bonchev–Trinajstić information content (AvgIpc) is 2.86. The number of benzene rings is 1. The van der Waals surface area contributed by atoms with Crippen LogP contribution in [0.5, 0.6) is 5.88 Å². The molecule has 9 heteroatoms. The molecular weight excluding hydrogens is 366 g/mol. The second kappa shape index (κ2) is 9.75. The molecule has 1 heterocycles. The van der Waals surface area contributed by atoms with Gasteiger partial charge in [0.1, 0.15) is 0 Å². The first-order valence-electron chi connectivity index (χ1n) is 8.62. The molecule has 8 nitrogen and oxygen atoms in total. The number of methoxy groups -OCH3 is 2. The fraction of sp³-hybridized carbons (Fsp3) is 0.500. The molecule has 0 bridgehead atoms. The molecule has 27 heavy (non-hydrogen) atoms. The van der Waals surface area contributed by atoms with Gasteiger partial charge in [0.2, 0.25) is 11.0 Å². The normalized spacial score (nSPS) is 11.9. The maximum atomic E-state index is 10.8. The highest BCUT2D eigenvalue weighted by Gasteiger charge is 2.19. The Kier molecular flexibility index (Phi) is 7.66. The molecule has 2 aromatic rings. The molecule has 1 aromatic carbocycles. The number of nitrogens with zero attached hydrogens (tertiary/aromatic N) is 4. The zero-order valence-electron chi connectivity index (χ0n) is 16.2. The Morgan fingerprint density at radius 2 is 1.78 bits per heavy atom. The molecule has 1 aromatic heterocycles. The number of thiocarbonyl (C=S) groups is 1. The van der Waals surface area contributed by atoms with Gasteiger partial charge in [0, 0.05) is 32.7 Å². The Morgan fingerprint density at radius 1 is 1.19 bits per heavy atom. The molecule has 0 unspecified atom stereocenters. The van der Waals surface area contributed by atoms with Crippen molar-refractivity contribution in [3.63, 3.8) is 0 Å². The van der Waals surface area contributed by atoms with Gasteiger partial charge in [-0.25, -0.2) is 0 Å². The standard InChI is InChI=1S/C18H27N5O3S/c1-12-9-14-15(10-13(12)2)23(17(24)16(14)20-21-18(19)27)11-22(5-7-25-3)6-8-26-4/h9-10,24H,5-8,11H2,1-4H3,(H2,19,27). The fourth-order valence-electron chi connectivity index (χ4n) is 2.81.